The minimum Gasteiger partial charge on any atom is -0.493 e. The average molecular weight is 1280 g/mol. The maximum Gasteiger partial charge on any atom is 0.416 e. The van der Waals surface area contributed by atoms with Crippen molar-refractivity contribution in [3.8, 4) is 34.5 Å². The number of fused-ring (bicyclic) bond motifs is 4. The molecule has 4 aromatic rings. The van der Waals surface area contributed by atoms with Gasteiger partial charge in [0.05, 0.1) is 85.1 Å². The number of nitrogens with zero attached hydrogens (tertiary/aromatic N) is 6. The molecule has 14 atom stereocenters. The van der Waals surface area contributed by atoms with Crippen LogP contribution in [0.25, 0.3) is 0 Å². The number of amides is 4. The first-order valence-corrected chi connectivity index (χ1v) is 28.7. The number of nitro groups is 2. The van der Waals surface area contributed by atoms with E-state index in [1.165, 1.54) is 60.4 Å². The molecular weight excluding hydrogens is 1220 g/mol. The van der Waals surface area contributed by atoms with Crippen molar-refractivity contribution in [3.63, 3.8) is 0 Å². The lowest BCUT2D eigenvalue weighted by Gasteiger charge is -2.39. The molecule has 4 amide bonds. The summed E-state index contributed by atoms with van der Waals surface area (Å²) in [5, 5.41) is 129. The molecule has 6 aliphatic rings. The van der Waals surface area contributed by atoms with Gasteiger partial charge in [-0.3, -0.25) is 29.8 Å². The topological polar surface area (TPSA) is 462 Å². The fourth-order valence-corrected chi connectivity index (χ4v) is 11.7. The van der Waals surface area contributed by atoms with E-state index in [2.05, 4.69) is 0 Å². The van der Waals surface area contributed by atoms with Crippen LogP contribution in [0.3, 0.4) is 0 Å². The van der Waals surface area contributed by atoms with E-state index >= 15 is 0 Å². The summed E-state index contributed by atoms with van der Waals surface area (Å²) < 4.78 is 56.5. The second-order valence-electron chi connectivity index (χ2n) is 21.9. The normalized spacial score (nSPS) is 27.7. The summed E-state index contributed by atoms with van der Waals surface area (Å²) in [6.07, 6.45) is -21.2. The van der Waals surface area contributed by atoms with E-state index < -0.39 is 169 Å². The summed E-state index contributed by atoms with van der Waals surface area (Å²) in [4.78, 5) is 84.2. The fraction of sp³-hybridized carbons (Fsp3) is 0.509. The number of methoxy groups -OCH3 is 2. The first kappa shape index (κ1) is 65.4. The van der Waals surface area contributed by atoms with Gasteiger partial charge in [-0.15, -0.1) is 0 Å². The molecule has 4 aromatic carbocycles. The molecule has 0 bridgehead atoms. The van der Waals surface area contributed by atoms with Crippen LogP contribution in [0.4, 0.5) is 32.3 Å². The highest BCUT2D eigenvalue weighted by molar-refractivity contribution is 6.07. The standard InChI is InChI=1S/C57H66N6O28/c1-82-38-18-28-32(60(52(74)30-6-3-12-58(30)50(28)72)56(76)86-24-26-8-10-36(34(16-26)62(78)79)88-54-48(70)46(68)44(66)42(22-64)90-54)20-40(38)84-14-5-15-85-41-21-33-29(19-39(41)83-2)51(73)59-13-4-7-31(59)53(75)61(33)57(77)87-25-27-9-11-37(35(17-27)63(80)81)89-55-49(71)47(69)45(67)43(23-65)91-55/h8-11,16-21,30-31,42-49,52-55,64-71,74-75H,3-7,12-15,22-25H2,1-2H3/t30-,31-,42+,43+,44-,45-,46-,47-,48+,49+,52?,53?,54+,55+/m0/s1. The highest BCUT2D eigenvalue weighted by Gasteiger charge is 2.50. The molecule has 91 heavy (non-hydrogen) atoms. The van der Waals surface area contributed by atoms with Gasteiger partial charge in [-0.1, -0.05) is 12.1 Å². The molecule has 0 aliphatic carbocycles. The summed E-state index contributed by atoms with van der Waals surface area (Å²) in [6.45, 7) is -2.64. The lowest BCUT2D eigenvalue weighted by Crippen LogP contribution is -2.60. The van der Waals surface area contributed by atoms with E-state index in [1.54, 1.807) is 0 Å². The van der Waals surface area contributed by atoms with E-state index in [0.717, 1.165) is 34.1 Å². The van der Waals surface area contributed by atoms with Crippen molar-refractivity contribution >= 4 is 46.8 Å². The van der Waals surface area contributed by atoms with Crippen molar-refractivity contribution < 1.29 is 127 Å². The van der Waals surface area contributed by atoms with Crippen LogP contribution in [-0.4, -0.2) is 234 Å². The molecule has 34 nitrogen and oxygen atoms in total. The number of benzene rings is 4. The molecule has 10 rings (SSSR count). The maximum atomic E-state index is 14.3. The molecule has 4 fully saturated rings. The third-order valence-electron chi connectivity index (χ3n) is 16.4. The Balaban J connectivity index is 0.835. The molecule has 0 spiro atoms. The molecule has 0 radical (unpaired) electrons. The fourth-order valence-electron chi connectivity index (χ4n) is 11.7. The van der Waals surface area contributed by atoms with Crippen molar-refractivity contribution in [2.45, 2.75) is 131 Å². The van der Waals surface area contributed by atoms with Crippen molar-refractivity contribution in [1.82, 2.24) is 9.80 Å². The molecule has 0 saturated carbocycles. The summed E-state index contributed by atoms with van der Waals surface area (Å²) >= 11 is 0. The van der Waals surface area contributed by atoms with Crippen LogP contribution in [0.5, 0.6) is 34.5 Å². The van der Waals surface area contributed by atoms with Crippen molar-refractivity contribution in [1.29, 1.82) is 0 Å². The molecule has 6 heterocycles. The molecule has 0 aromatic heterocycles. The summed E-state index contributed by atoms with van der Waals surface area (Å²) in [5.74, 6) is -1.93. The van der Waals surface area contributed by atoms with Crippen LogP contribution in [0.2, 0.25) is 0 Å². The number of carbonyl (C=O) groups is 4. The molecule has 6 aliphatic heterocycles. The van der Waals surface area contributed by atoms with Gasteiger partial charge >= 0.3 is 23.6 Å². The summed E-state index contributed by atoms with van der Waals surface area (Å²) in [7, 11) is 2.62. The SMILES string of the molecule is COc1cc2c(cc1OCCCOc1cc3c(cc1OC)C(=O)N1CCC[C@H]1C(O)N3C(=O)OCc1ccc(O[C@@H]3O[C@H](CO)[C@H](O)[C@H](O)[C@H]3O)c([N+](=O)[O-])c1)N(C(=O)OCc1ccc(O[C@@H]3O[C@H](CO)[C@H](O)[C@H](O)[C@H]3O)c([N+](=O)[O-])c1)C(O)[C@@H]1CCCN1C2=O. The van der Waals surface area contributed by atoms with Gasteiger partial charge < -0.3 is 108 Å². The number of rotatable bonds is 20. The van der Waals surface area contributed by atoms with Gasteiger partial charge in [-0.05, 0) is 61.1 Å². The Bertz CT molecular complexity index is 3180. The first-order valence-electron chi connectivity index (χ1n) is 28.7. The third kappa shape index (κ3) is 12.9. The first-order chi connectivity index (χ1) is 43.6. The minimum absolute atomic E-state index is 0.0106. The Labute approximate surface area is 515 Å². The monoisotopic (exact) mass is 1280 g/mol. The minimum atomic E-state index is -1.88. The zero-order chi connectivity index (χ0) is 65.3. The predicted octanol–water partition coefficient (Wildman–Crippen LogP) is -0.115. The highest BCUT2D eigenvalue weighted by Crippen LogP contribution is 2.44. The number of hydrogen-bond acceptors (Lipinski definition) is 28. The van der Waals surface area contributed by atoms with E-state index in [9.17, 15) is 90.5 Å². The van der Waals surface area contributed by atoms with E-state index in [0.29, 0.717) is 25.7 Å². The Morgan fingerprint density at radius 2 is 0.945 bits per heavy atom. The molecular formula is C57H66N6O28. The van der Waals surface area contributed by atoms with Crippen LogP contribution >= 0.6 is 0 Å². The van der Waals surface area contributed by atoms with Crippen LogP contribution in [0.15, 0.2) is 60.7 Å². The lowest BCUT2D eigenvalue weighted by molar-refractivity contribution is -0.387. The number of aliphatic hydroxyl groups excluding tert-OH is 10. The highest BCUT2D eigenvalue weighted by atomic mass is 16.7. The Hall–Kier alpha value is -8.52. The number of hydrogen-bond donors (Lipinski definition) is 10. The van der Waals surface area contributed by atoms with Crippen LogP contribution < -0.4 is 38.2 Å². The van der Waals surface area contributed by atoms with Gasteiger partial charge in [0.25, 0.3) is 11.8 Å². The second-order valence-corrected chi connectivity index (χ2v) is 21.9. The van der Waals surface area contributed by atoms with Gasteiger partial charge in [0.15, 0.2) is 47.0 Å². The molecule has 492 valence electrons. The average Bonchev–Trinajstić information content (AvgIpc) is 1.68. The molecule has 34 heteroatoms. The van der Waals surface area contributed by atoms with Gasteiger partial charge in [-0.25, -0.2) is 19.4 Å². The van der Waals surface area contributed by atoms with Gasteiger partial charge in [0, 0.05) is 43.8 Å². The summed E-state index contributed by atoms with van der Waals surface area (Å²) in [6, 6.07) is 10.2. The number of anilines is 2. The van der Waals surface area contributed by atoms with Gasteiger partial charge in [-0.2, -0.15) is 0 Å². The van der Waals surface area contributed by atoms with Crippen molar-refractivity contribution in [2.75, 3.05) is 63.5 Å². The van der Waals surface area contributed by atoms with Gasteiger partial charge in [0.1, 0.15) is 62.0 Å². The van der Waals surface area contributed by atoms with E-state index in [4.69, 9.17) is 47.4 Å². The van der Waals surface area contributed by atoms with E-state index in [-0.39, 0.29) is 89.4 Å². The van der Waals surface area contributed by atoms with Crippen LogP contribution in [-0.2, 0) is 32.2 Å². The predicted molar refractivity (Wildman–Crippen MR) is 302 cm³/mol. The zero-order valence-electron chi connectivity index (χ0n) is 48.6. The summed E-state index contributed by atoms with van der Waals surface area (Å²) in [5.41, 5.74) is -1.74. The Morgan fingerprint density at radius 1 is 0.549 bits per heavy atom. The molecule has 2 unspecified atom stereocenters. The van der Waals surface area contributed by atoms with Crippen LogP contribution in [0.1, 0.15) is 63.9 Å². The molecule has 4 saturated heterocycles. The van der Waals surface area contributed by atoms with Crippen LogP contribution in [0, 0.1) is 20.2 Å². The largest absolute Gasteiger partial charge is 0.493 e. The number of carbonyl (C=O) groups excluding carboxylic acids is 4. The van der Waals surface area contributed by atoms with E-state index in [1.807, 2.05) is 0 Å². The smallest absolute Gasteiger partial charge is 0.416 e. The van der Waals surface area contributed by atoms with Crippen molar-refractivity contribution in [3.05, 3.63) is 103 Å². The Kier molecular flexibility index (Phi) is 19.8. The maximum absolute atomic E-state index is 14.3. The van der Waals surface area contributed by atoms with Crippen molar-refractivity contribution in [2.24, 2.45) is 0 Å². The number of aliphatic hydroxyl groups is 10. The van der Waals surface area contributed by atoms with Gasteiger partial charge in [0.2, 0.25) is 12.6 Å². The molecule has 10 N–H and O–H groups in total. The number of ether oxygens (including phenoxy) is 10. The lowest BCUT2D eigenvalue weighted by atomic mass is 9.99. The third-order valence-corrected chi connectivity index (χ3v) is 16.4. The zero-order valence-corrected chi connectivity index (χ0v) is 48.6. The Morgan fingerprint density at radius 3 is 1.31 bits per heavy atom. The second kappa shape index (κ2) is 27.5. The number of nitro benzene ring substituents is 2. The quantitative estimate of drug-likeness (QED) is 0.0313.